The minimum Gasteiger partial charge on any atom is -0.312 e. The summed E-state index contributed by atoms with van der Waals surface area (Å²) in [5.41, 5.74) is 2.30. The Morgan fingerprint density at radius 2 is 1.78 bits per heavy atom. The molecule has 0 aromatic heterocycles. The summed E-state index contributed by atoms with van der Waals surface area (Å²) in [5.74, 6) is -0.403. The third kappa shape index (κ3) is 4.46. The SMILES string of the molecule is CC(=O)N1CCc2cc(S(=O)(=O)Nc3ccc(CS(N)(=O)=O)cc3)ccc21. The van der Waals surface area contributed by atoms with Crippen LogP contribution in [-0.2, 0) is 37.0 Å². The number of carbonyl (C=O) groups excluding carboxylic acids is 1. The Hall–Kier alpha value is -2.43. The molecule has 27 heavy (non-hydrogen) atoms. The second-order valence-electron chi connectivity index (χ2n) is 6.32. The first-order chi connectivity index (χ1) is 12.5. The number of rotatable bonds is 5. The van der Waals surface area contributed by atoms with Gasteiger partial charge < -0.3 is 4.90 Å². The topological polar surface area (TPSA) is 127 Å². The molecule has 1 aliphatic rings. The molecule has 8 nitrogen and oxygen atoms in total. The molecular formula is C17H19N3O5S2. The molecule has 3 rings (SSSR count). The normalized spacial score (nSPS) is 14.1. The first kappa shape index (κ1) is 19.3. The molecule has 2 aromatic carbocycles. The molecule has 0 radical (unpaired) electrons. The monoisotopic (exact) mass is 409 g/mol. The van der Waals surface area contributed by atoms with Crippen LogP contribution in [0.25, 0.3) is 0 Å². The highest BCUT2D eigenvalue weighted by Crippen LogP contribution is 2.30. The van der Waals surface area contributed by atoms with Gasteiger partial charge in [-0.15, -0.1) is 0 Å². The summed E-state index contributed by atoms with van der Waals surface area (Å²) in [6.45, 7) is 2.01. The van der Waals surface area contributed by atoms with Crippen molar-refractivity contribution >= 4 is 37.3 Å². The van der Waals surface area contributed by atoms with Gasteiger partial charge >= 0.3 is 0 Å². The van der Waals surface area contributed by atoms with Crippen molar-refractivity contribution in [2.75, 3.05) is 16.2 Å². The van der Waals surface area contributed by atoms with E-state index >= 15 is 0 Å². The van der Waals surface area contributed by atoms with Crippen LogP contribution in [-0.4, -0.2) is 29.3 Å². The Balaban J connectivity index is 1.80. The van der Waals surface area contributed by atoms with Gasteiger partial charge in [0.05, 0.1) is 10.6 Å². The average Bonchev–Trinajstić information content (AvgIpc) is 2.98. The van der Waals surface area contributed by atoms with Gasteiger partial charge in [0, 0.05) is 24.8 Å². The number of nitrogens with zero attached hydrogens (tertiary/aromatic N) is 1. The molecule has 3 N–H and O–H groups in total. The highest BCUT2D eigenvalue weighted by Gasteiger charge is 2.24. The van der Waals surface area contributed by atoms with Crippen molar-refractivity contribution in [3.8, 4) is 0 Å². The summed E-state index contributed by atoms with van der Waals surface area (Å²) in [7, 11) is -7.47. The van der Waals surface area contributed by atoms with E-state index in [-0.39, 0.29) is 16.6 Å². The lowest BCUT2D eigenvalue weighted by molar-refractivity contribution is -0.116. The Labute approximate surface area is 158 Å². The maximum absolute atomic E-state index is 12.6. The molecule has 0 aliphatic carbocycles. The molecular weight excluding hydrogens is 390 g/mol. The number of nitrogens with two attached hydrogens (primary N) is 1. The van der Waals surface area contributed by atoms with E-state index in [1.54, 1.807) is 17.0 Å². The lowest BCUT2D eigenvalue weighted by Gasteiger charge is -2.15. The first-order valence-corrected chi connectivity index (χ1v) is 11.3. The number of primary sulfonamides is 1. The Bertz CT molecular complexity index is 1090. The minimum absolute atomic E-state index is 0.0814. The lowest BCUT2D eigenvalue weighted by atomic mass is 10.2. The Kier molecular flexibility index (Phi) is 4.98. The van der Waals surface area contributed by atoms with E-state index in [0.717, 1.165) is 11.3 Å². The van der Waals surface area contributed by atoms with Gasteiger partial charge in [0.2, 0.25) is 15.9 Å². The number of fused-ring (bicyclic) bond motifs is 1. The summed E-state index contributed by atoms with van der Waals surface area (Å²) < 4.78 is 49.9. The Morgan fingerprint density at radius 3 is 2.37 bits per heavy atom. The molecule has 1 heterocycles. The van der Waals surface area contributed by atoms with Gasteiger partial charge in [-0.2, -0.15) is 0 Å². The molecule has 1 amide bonds. The zero-order valence-corrected chi connectivity index (χ0v) is 16.2. The van der Waals surface area contributed by atoms with E-state index in [0.29, 0.717) is 24.2 Å². The largest absolute Gasteiger partial charge is 0.312 e. The zero-order chi connectivity index (χ0) is 19.8. The van der Waals surface area contributed by atoms with Gasteiger partial charge in [-0.1, -0.05) is 12.1 Å². The fourth-order valence-electron chi connectivity index (χ4n) is 2.99. The van der Waals surface area contributed by atoms with E-state index in [4.69, 9.17) is 5.14 Å². The number of benzene rings is 2. The van der Waals surface area contributed by atoms with E-state index in [9.17, 15) is 21.6 Å². The van der Waals surface area contributed by atoms with Gasteiger partial charge in [-0.3, -0.25) is 9.52 Å². The summed E-state index contributed by atoms with van der Waals surface area (Å²) in [6.07, 6.45) is 0.598. The third-order valence-corrected chi connectivity index (χ3v) is 6.33. The highest BCUT2D eigenvalue weighted by atomic mass is 32.2. The molecule has 0 fully saturated rings. The second kappa shape index (κ2) is 6.95. The van der Waals surface area contributed by atoms with Gasteiger partial charge in [-0.25, -0.2) is 22.0 Å². The molecule has 144 valence electrons. The van der Waals surface area contributed by atoms with Crippen molar-refractivity contribution in [1.29, 1.82) is 0 Å². The average molecular weight is 409 g/mol. The van der Waals surface area contributed by atoms with E-state index in [2.05, 4.69) is 4.72 Å². The minimum atomic E-state index is -3.82. The van der Waals surface area contributed by atoms with Crippen molar-refractivity contribution in [3.05, 3.63) is 53.6 Å². The Morgan fingerprint density at radius 1 is 1.11 bits per heavy atom. The number of hydrogen-bond acceptors (Lipinski definition) is 5. The molecule has 0 spiro atoms. The zero-order valence-electron chi connectivity index (χ0n) is 14.5. The van der Waals surface area contributed by atoms with Crippen molar-refractivity contribution in [3.63, 3.8) is 0 Å². The smallest absolute Gasteiger partial charge is 0.261 e. The number of hydrogen-bond donors (Lipinski definition) is 2. The summed E-state index contributed by atoms with van der Waals surface area (Å²) in [4.78, 5) is 13.3. The predicted octanol–water partition coefficient (Wildman–Crippen LogP) is 1.18. The fourth-order valence-corrected chi connectivity index (χ4v) is 4.75. The van der Waals surface area contributed by atoms with Crippen molar-refractivity contribution in [2.45, 2.75) is 24.0 Å². The van der Waals surface area contributed by atoms with Gasteiger partial charge in [0.15, 0.2) is 0 Å². The fraction of sp³-hybridized carbons (Fsp3) is 0.235. The summed E-state index contributed by atoms with van der Waals surface area (Å²) >= 11 is 0. The molecule has 1 aliphatic heterocycles. The van der Waals surface area contributed by atoms with Gasteiger partial charge in [-0.05, 0) is 47.9 Å². The number of anilines is 2. The van der Waals surface area contributed by atoms with Gasteiger partial charge in [0.1, 0.15) is 0 Å². The maximum Gasteiger partial charge on any atom is 0.261 e. The number of amides is 1. The van der Waals surface area contributed by atoms with Crippen LogP contribution in [0.1, 0.15) is 18.1 Å². The van der Waals surface area contributed by atoms with Crippen molar-refractivity contribution in [2.24, 2.45) is 5.14 Å². The van der Waals surface area contributed by atoms with Crippen LogP contribution in [0, 0.1) is 0 Å². The molecule has 0 unspecified atom stereocenters. The number of carbonyl (C=O) groups is 1. The predicted molar refractivity (Wildman–Crippen MR) is 102 cm³/mol. The quantitative estimate of drug-likeness (QED) is 0.767. The van der Waals surface area contributed by atoms with Crippen LogP contribution < -0.4 is 14.8 Å². The van der Waals surface area contributed by atoms with Crippen LogP contribution in [0.15, 0.2) is 47.4 Å². The van der Waals surface area contributed by atoms with E-state index in [1.807, 2.05) is 0 Å². The molecule has 2 aromatic rings. The van der Waals surface area contributed by atoms with E-state index in [1.165, 1.54) is 37.3 Å². The number of sulfonamides is 2. The molecule has 0 atom stereocenters. The van der Waals surface area contributed by atoms with E-state index < -0.39 is 20.0 Å². The molecule has 0 saturated heterocycles. The van der Waals surface area contributed by atoms with Crippen LogP contribution in [0.2, 0.25) is 0 Å². The second-order valence-corrected chi connectivity index (χ2v) is 9.62. The summed E-state index contributed by atoms with van der Waals surface area (Å²) in [5, 5.41) is 4.99. The maximum atomic E-state index is 12.6. The summed E-state index contributed by atoms with van der Waals surface area (Å²) in [6, 6.07) is 10.6. The standard InChI is InChI=1S/C17H19N3O5S2/c1-12(21)20-9-8-14-10-16(6-7-17(14)20)27(24,25)19-15-4-2-13(3-5-15)11-26(18,22)23/h2-7,10,19H,8-9,11H2,1H3,(H2,18,22,23). The number of nitrogens with one attached hydrogen (secondary N) is 1. The lowest BCUT2D eigenvalue weighted by Crippen LogP contribution is -2.25. The highest BCUT2D eigenvalue weighted by molar-refractivity contribution is 7.92. The van der Waals surface area contributed by atoms with Crippen LogP contribution in [0.3, 0.4) is 0 Å². The molecule has 0 saturated carbocycles. The van der Waals surface area contributed by atoms with Crippen LogP contribution >= 0.6 is 0 Å². The first-order valence-electron chi connectivity index (χ1n) is 8.08. The molecule has 10 heteroatoms. The molecule has 0 bridgehead atoms. The van der Waals surface area contributed by atoms with Crippen molar-refractivity contribution in [1.82, 2.24) is 0 Å². The van der Waals surface area contributed by atoms with Crippen LogP contribution in [0.5, 0.6) is 0 Å². The van der Waals surface area contributed by atoms with Gasteiger partial charge in [0.25, 0.3) is 10.0 Å². The third-order valence-electron chi connectivity index (χ3n) is 4.21. The van der Waals surface area contributed by atoms with Crippen molar-refractivity contribution < 1.29 is 21.6 Å². The van der Waals surface area contributed by atoms with Crippen LogP contribution in [0.4, 0.5) is 11.4 Å².